The predicted octanol–water partition coefficient (Wildman–Crippen LogP) is 3.38. The van der Waals surface area contributed by atoms with E-state index in [0.29, 0.717) is 11.4 Å². The molecule has 0 unspecified atom stereocenters. The topological polar surface area (TPSA) is 59.9 Å². The molecule has 1 saturated heterocycles. The smallest absolute Gasteiger partial charge is 0.206 e. The standard InChI is InChI=1S/C14H18N4OS2/c1-10(11-4-2-6-15-8-11)20-14-18-17-13(21-14)16-9-12-5-3-7-19-12/h2,4,6,8,10,12H,3,5,7,9H2,1H3,(H,16,17)/t10-,12+/m1/s1. The summed E-state index contributed by atoms with van der Waals surface area (Å²) in [6, 6.07) is 4.05. The maximum Gasteiger partial charge on any atom is 0.206 e. The van der Waals surface area contributed by atoms with Crippen LogP contribution in [0.25, 0.3) is 0 Å². The Morgan fingerprint density at radius 2 is 2.48 bits per heavy atom. The van der Waals surface area contributed by atoms with E-state index in [1.807, 2.05) is 12.3 Å². The van der Waals surface area contributed by atoms with Crippen LogP contribution in [0.2, 0.25) is 0 Å². The van der Waals surface area contributed by atoms with Gasteiger partial charge in [-0.05, 0) is 31.4 Å². The van der Waals surface area contributed by atoms with Crippen LogP contribution in [0.4, 0.5) is 5.13 Å². The number of nitrogens with one attached hydrogen (secondary N) is 1. The summed E-state index contributed by atoms with van der Waals surface area (Å²) in [5.41, 5.74) is 1.20. The monoisotopic (exact) mass is 322 g/mol. The van der Waals surface area contributed by atoms with Crippen molar-refractivity contribution < 1.29 is 4.74 Å². The maximum absolute atomic E-state index is 5.59. The average molecular weight is 322 g/mol. The first-order valence-electron chi connectivity index (χ1n) is 7.07. The summed E-state index contributed by atoms with van der Waals surface area (Å²) in [6.45, 7) is 3.85. The zero-order chi connectivity index (χ0) is 14.5. The fourth-order valence-corrected chi connectivity index (χ4v) is 4.18. The van der Waals surface area contributed by atoms with E-state index in [1.54, 1.807) is 29.3 Å². The molecule has 112 valence electrons. The zero-order valence-corrected chi connectivity index (χ0v) is 13.5. The predicted molar refractivity (Wildman–Crippen MR) is 85.9 cm³/mol. The molecule has 0 saturated carbocycles. The van der Waals surface area contributed by atoms with Crippen LogP contribution in [0.1, 0.15) is 30.6 Å². The number of aromatic nitrogens is 3. The van der Waals surface area contributed by atoms with Gasteiger partial charge in [-0.25, -0.2) is 0 Å². The molecule has 1 N–H and O–H groups in total. The van der Waals surface area contributed by atoms with Crippen LogP contribution in [0, 0.1) is 0 Å². The molecule has 0 aromatic carbocycles. The van der Waals surface area contributed by atoms with E-state index in [9.17, 15) is 0 Å². The lowest BCUT2D eigenvalue weighted by molar-refractivity contribution is 0.120. The Bertz CT molecular complexity index is 557. The van der Waals surface area contributed by atoms with Crippen molar-refractivity contribution in [3.05, 3.63) is 30.1 Å². The third-order valence-corrected chi connectivity index (χ3v) is 5.47. The van der Waals surface area contributed by atoms with Crippen molar-refractivity contribution in [2.24, 2.45) is 0 Å². The van der Waals surface area contributed by atoms with Crippen molar-refractivity contribution in [2.45, 2.75) is 35.5 Å². The van der Waals surface area contributed by atoms with Gasteiger partial charge >= 0.3 is 0 Å². The molecule has 1 fully saturated rings. The molecule has 3 rings (SSSR count). The minimum atomic E-state index is 0.317. The fourth-order valence-electron chi connectivity index (χ4n) is 2.17. The van der Waals surface area contributed by atoms with Gasteiger partial charge in [-0.15, -0.1) is 10.2 Å². The molecule has 2 aromatic heterocycles. The third kappa shape index (κ3) is 4.15. The van der Waals surface area contributed by atoms with Crippen LogP contribution in [0.15, 0.2) is 28.9 Å². The van der Waals surface area contributed by atoms with Gasteiger partial charge in [-0.3, -0.25) is 4.98 Å². The Morgan fingerprint density at radius 1 is 1.52 bits per heavy atom. The number of rotatable bonds is 6. The van der Waals surface area contributed by atoms with E-state index < -0.39 is 0 Å². The molecule has 21 heavy (non-hydrogen) atoms. The number of pyridine rings is 1. The van der Waals surface area contributed by atoms with Crippen LogP contribution < -0.4 is 5.32 Å². The van der Waals surface area contributed by atoms with Gasteiger partial charge in [0.15, 0.2) is 4.34 Å². The van der Waals surface area contributed by atoms with Gasteiger partial charge in [0.2, 0.25) is 5.13 Å². The number of anilines is 1. The zero-order valence-electron chi connectivity index (χ0n) is 11.9. The van der Waals surface area contributed by atoms with Crippen LogP contribution >= 0.6 is 23.1 Å². The molecular weight excluding hydrogens is 304 g/mol. The molecule has 0 spiro atoms. The first-order chi connectivity index (χ1) is 10.3. The van der Waals surface area contributed by atoms with E-state index in [-0.39, 0.29) is 0 Å². The number of hydrogen-bond donors (Lipinski definition) is 1. The Balaban J connectivity index is 1.52. The van der Waals surface area contributed by atoms with Gasteiger partial charge < -0.3 is 10.1 Å². The highest BCUT2D eigenvalue weighted by Gasteiger charge is 2.16. The second-order valence-electron chi connectivity index (χ2n) is 4.94. The lowest BCUT2D eigenvalue weighted by atomic mass is 10.2. The van der Waals surface area contributed by atoms with Crippen molar-refractivity contribution in [3.63, 3.8) is 0 Å². The average Bonchev–Trinajstić information content (AvgIpc) is 3.17. The van der Waals surface area contributed by atoms with Gasteiger partial charge in [0.05, 0.1) is 6.10 Å². The van der Waals surface area contributed by atoms with Gasteiger partial charge in [-0.2, -0.15) is 0 Å². The largest absolute Gasteiger partial charge is 0.376 e. The van der Waals surface area contributed by atoms with E-state index >= 15 is 0 Å². The van der Waals surface area contributed by atoms with Gasteiger partial charge in [-0.1, -0.05) is 29.2 Å². The van der Waals surface area contributed by atoms with Crippen molar-refractivity contribution in [1.82, 2.24) is 15.2 Å². The van der Waals surface area contributed by atoms with Crippen LogP contribution in [-0.4, -0.2) is 34.4 Å². The Kier molecular flexibility index (Phi) is 5.05. The Hall–Kier alpha value is -1.18. The molecule has 0 radical (unpaired) electrons. The maximum atomic E-state index is 5.59. The SMILES string of the molecule is C[C@@H](Sc1nnc(NC[C@@H]2CCCO2)s1)c1cccnc1. The highest BCUT2D eigenvalue weighted by atomic mass is 32.2. The fraction of sp³-hybridized carbons (Fsp3) is 0.500. The molecule has 0 bridgehead atoms. The van der Waals surface area contributed by atoms with Gasteiger partial charge in [0.25, 0.3) is 0 Å². The summed E-state index contributed by atoms with van der Waals surface area (Å²) >= 11 is 3.30. The van der Waals surface area contributed by atoms with E-state index in [0.717, 1.165) is 35.5 Å². The molecule has 5 nitrogen and oxygen atoms in total. The Labute approximate surface area is 132 Å². The molecule has 1 aliphatic rings. The minimum absolute atomic E-state index is 0.317. The number of ether oxygens (including phenoxy) is 1. The molecule has 7 heteroatoms. The van der Waals surface area contributed by atoms with Gasteiger partial charge in [0.1, 0.15) is 0 Å². The third-order valence-electron chi connectivity index (χ3n) is 3.34. The van der Waals surface area contributed by atoms with E-state index in [4.69, 9.17) is 4.74 Å². The minimum Gasteiger partial charge on any atom is -0.376 e. The second kappa shape index (κ2) is 7.20. The molecule has 0 aliphatic carbocycles. The summed E-state index contributed by atoms with van der Waals surface area (Å²) in [7, 11) is 0. The van der Waals surface area contributed by atoms with Crippen molar-refractivity contribution in [3.8, 4) is 0 Å². The molecule has 3 heterocycles. The normalized spacial score (nSPS) is 19.6. The Morgan fingerprint density at radius 3 is 3.24 bits per heavy atom. The molecule has 0 amide bonds. The first-order valence-corrected chi connectivity index (χ1v) is 8.76. The lowest BCUT2D eigenvalue weighted by Crippen LogP contribution is -2.18. The van der Waals surface area contributed by atoms with Crippen molar-refractivity contribution in [2.75, 3.05) is 18.5 Å². The van der Waals surface area contributed by atoms with Gasteiger partial charge in [0, 0.05) is 30.8 Å². The first kappa shape index (κ1) is 14.7. The van der Waals surface area contributed by atoms with E-state index in [1.165, 1.54) is 5.56 Å². The molecular formula is C14H18N4OS2. The summed E-state index contributed by atoms with van der Waals surface area (Å²) in [6.07, 6.45) is 6.30. The lowest BCUT2D eigenvalue weighted by Gasteiger charge is -2.09. The number of hydrogen-bond acceptors (Lipinski definition) is 7. The molecule has 2 aromatic rings. The van der Waals surface area contributed by atoms with E-state index in [2.05, 4.69) is 33.5 Å². The molecule has 1 aliphatic heterocycles. The quantitative estimate of drug-likeness (QED) is 0.823. The second-order valence-corrected chi connectivity index (χ2v) is 7.50. The summed E-state index contributed by atoms with van der Waals surface area (Å²) < 4.78 is 6.56. The summed E-state index contributed by atoms with van der Waals surface area (Å²) in [4.78, 5) is 4.15. The van der Waals surface area contributed by atoms with Crippen molar-refractivity contribution in [1.29, 1.82) is 0 Å². The molecule has 2 atom stereocenters. The highest BCUT2D eigenvalue weighted by molar-refractivity contribution is 8.01. The van der Waals surface area contributed by atoms with Crippen LogP contribution in [0.3, 0.4) is 0 Å². The number of nitrogens with zero attached hydrogens (tertiary/aromatic N) is 3. The number of thioether (sulfide) groups is 1. The highest BCUT2D eigenvalue weighted by Crippen LogP contribution is 2.36. The summed E-state index contributed by atoms with van der Waals surface area (Å²) in [5.74, 6) is 0. The van der Waals surface area contributed by atoms with Crippen LogP contribution in [-0.2, 0) is 4.74 Å². The van der Waals surface area contributed by atoms with Crippen LogP contribution in [0.5, 0.6) is 0 Å². The van der Waals surface area contributed by atoms with Crippen molar-refractivity contribution >= 4 is 28.2 Å². The summed E-state index contributed by atoms with van der Waals surface area (Å²) in [5, 5.41) is 12.9.